The van der Waals surface area contributed by atoms with E-state index in [2.05, 4.69) is 31.0 Å². The average Bonchev–Trinajstić information content (AvgIpc) is 2.47. The standard InChI is InChI=1S/C16H30N2O/c1-4-14-9-5-6-11-18(14)15(19)16(2,3)13-8-7-10-17-12-13/h13-14,17H,4-12H2,1-3H3. The van der Waals surface area contributed by atoms with Crippen molar-refractivity contribution in [3.05, 3.63) is 0 Å². The van der Waals surface area contributed by atoms with Crippen LogP contribution in [-0.4, -0.2) is 36.5 Å². The van der Waals surface area contributed by atoms with Crippen molar-refractivity contribution in [2.45, 2.75) is 65.3 Å². The maximum absolute atomic E-state index is 13.0. The zero-order valence-electron chi connectivity index (χ0n) is 12.9. The number of nitrogens with one attached hydrogen (secondary N) is 1. The van der Waals surface area contributed by atoms with Gasteiger partial charge in [-0.3, -0.25) is 4.79 Å². The van der Waals surface area contributed by atoms with Gasteiger partial charge in [-0.15, -0.1) is 0 Å². The molecule has 2 rings (SSSR count). The summed E-state index contributed by atoms with van der Waals surface area (Å²) in [5, 5.41) is 3.45. The molecule has 2 fully saturated rings. The minimum atomic E-state index is -0.210. The van der Waals surface area contributed by atoms with Crippen LogP contribution in [0.1, 0.15) is 59.3 Å². The van der Waals surface area contributed by atoms with Gasteiger partial charge in [0.25, 0.3) is 0 Å². The zero-order chi connectivity index (χ0) is 13.9. The van der Waals surface area contributed by atoms with Crippen molar-refractivity contribution in [2.24, 2.45) is 11.3 Å². The molecule has 2 atom stereocenters. The second kappa shape index (κ2) is 6.25. The number of carbonyl (C=O) groups is 1. The molecule has 0 bridgehead atoms. The van der Waals surface area contributed by atoms with Gasteiger partial charge in [-0.1, -0.05) is 20.8 Å². The Morgan fingerprint density at radius 3 is 2.68 bits per heavy atom. The number of carbonyl (C=O) groups excluding carboxylic acids is 1. The Kier molecular flexibility index (Phi) is 4.88. The van der Waals surface area contributed by atoms with Gasteiger partial charge in [0.2, 0.25) is 5.91 Å². The van der Waals surface area contributed by atoms with Crippen molar-refractivity contribution in [3.63, 3.8) is 0 Å². The quantitative estimate of drug-likeness (QED) is 0.852. The first-order chi connectivity index (χ1) is 9.07. The molecule has 0 radical (unpaired) electrons. The van der Waals surface area contributed by atoms with Crippen LogP contribution in [0, 0.1) is 11.3 Å². The minimum absolute atomic E-state index is 0.210. The molecule has 0 aromatic carbocycles. The van der Waals surface area contributed by atoms with E-state index in [1.165, 1.54) is 32.1 Å². The summed E-state index contributed by atoms with van der Waals surface area (Å²) in [4.78, 5) is 15.2. The third-order valence-electron chi connectivity index (χ3n) is 5.23. The number of nitrogens with zero attached hydrogens (tertiary/aromatic N) is 1. The minimum Gasteiger partial charge on any atom is -0.339 e. The Morgan fingerprint density at radius 2 is 2.05 bits per heavy atom. The van der Waals surface area contributed by atoms with E-state index in [9.17, 15) is 4.79 Å². The smallest absolute Gasteiger partial charge is 0.228 e. The molecule has 2 heterocycles. The van der Waals surface area contributed by atoms with Gasteiger partial charge in [-0.05, 0) is 57.5 Å². The normalized spacial score (nSPS) is 29.3. The average molecular weight is 266 g/mol. The highest BCUT2D eigenvalue weighted by atomic mass is 16.2. The molecule has 3 nitrogen and oxygen atoms in total. The van der Waals surface area contributed by atoms with Crippen molar-refractivity contribution < 1.29 is 4.79 Å². The van der Waals surface area contributed by atoms with Gasteiger partial charge in [0.1, 0.15) is 0 Å². The summed E-state index contributed by atoms with van der Waals surface area (Å²) < 4.78 is 0. The molecule has 1 N–H and O–H groups in total. The van der Waals surface area contributed by atoms with Crippen LogP contribution < -0.4 is 5.32 Å². The van der Waals surface area contributed by atoms with Gasteiger partial charge >= 0.3 is 0 Å². The van der Waals surface area contributed by atoms with Gasteiger partial charge in [0.15, 0.2) is 0 Å². The van der Waals surface area contributed by atoms with Crippen molar-refractivity contribution in [2.75, 3.05) is 19.6 Å². The first kappa shape index (κ1) is 14.8. The van der Waals surface area contributed by atoms with E-state index < -0.39 is 0 Å². The third kappa shape index (κ3) is 3.13. The van der Waals surface area contributed by atoms with Crippen LogP contribution in [0.25, 0.3) is 0 Å². The van der Waals surface area contributed by atoms with Crippen LogP contribution in [0.4, 0.5) is 0 Å². The third-order valence-corrected chi connectivity index (χ3v) is 5.23. The Labute approximate surface area is 118 Å². The molecule has 2 aliphatic rings. The van der Waals surface area contributed by atoms with Crippen LogP contribution in [0.15, 0.2) is 0 Å². The molecule has 2 unspecified atom stereocenters. The van der Waals surface area contributed by atoms with Crippen LogP contribution >= 0.6 is 0 Å². The highest BCUT2D eigenvalue weighted by Crippen LogP contribution is 2.35. The molecule has 1 amide bonds. The highest BCUT2D eigenvalue weighted by Gasteiger charge is 2.41. The Morgan fingerprint density at radius 1 is 1.26 bits per heavy atom. The summed E-state index contributed by atoms with van der Waals surface area (Å²) in [6.45, 7) is 9.63. The summed E-state index contributed by atoms with van der Waals surface area (Å²) in [5.74, 6) is 0.890. The lowest BCUT2D eigenvalue weighted by Crippen LogP contribution is -2.53. The number of hydrogen-bond acceptors (Lipinski definition) is 2. The van der Waals surface area contributed by atoms with Gasteiger partial charge in [0, 0.05) is 18.0 Å². The fourth-order valence-corrected chi connectivity index (χ4v) is 3.70. The van der Waals surface area contributed by atoms with Crippen molar-refractivity contribution in [3.8, 4) is 0 Å². The Bertz CT molecular complexity index is 308. The molecular formula is C16H30N2O. The molecule has 3 heteroatoms. The van der Waals surface area contributed by atoms with Crippen LogP contribution in [0.2, 0.25) is 0 Å². The molecule has 110 valence electrons. The summed E-state index contributed by atoms with van der Waals surface area (Å²) in [6.07, 6.45) is 7.16. The lowest BCUT2D eigenvalue weighted by atomic mass is 9.73. The SMILES string of the molecule is CCC1CCCCN1C(=O)C(C)(C)C1CCCNC1. The van der Waals surface area contributed by atoms with Crippen molar-refractivity contribution in [1.29, 1.82) is 0 Å². The Hall–Kier alpha value is -0.570. The number of rotatable bonds is 3. The molecule has 19 heavy (non-hydrogen) atoms. The van der Waals surface area contributed by atoms with E-state index >= 15 is 0 Å². The van der Waals surface area contributed by atoms with E-state index in [1.54, 1.807) is 0 Å². The number of hydrogen-bond donors (Lipinski definition) is 1. The molecule has 2 saturated heterocycles. The van der Waals surface area contributed by atoms with Gasteiger partial charge in [-0.25, -0.2) is 0 Å². The molecule has 0 aliphatic carbocycles. The van der Waals surface area contributed by atoms with Crippen LogP contribution in [0.5, 0.6) is 0 Å². The lowest BCUT2D eigenvalue weighted by Gasteiger charge is -2.44. The first-order valence-corrected chi connectivity index (χ1v) is 8.09. The molecule has 0 aromatic rings. The van der Waals surface area contributed by atoms with Gasteiger partial charge in [-0.2, -0.15) is 0 Å². The number of likely N-dealkylation sites (tertiary alicyclic amines) is 1. The Balaban J connectivity index is 2.07. The van der Waals surface area contributed by atoms with Crippen molar-refractivity contribution >= 4 is 5.91 Å². The highest BCUT2D eigenvalue weighted by molar-refractivity contribution is 5.82. The number of piperidine rings is 2. The fourth-order valence-electron chi connectivity index (χ4n) is 3.70. The molecule has 0 aromatic heterocycles. The predicted molar refractivity (Wildman–Crippen MR) is 79.0 cm³/mol. The second-order valence-electron chi connectivity index (χ2n) is 6.82. The molecule has 0 saturated carbocycles. The summed E-state index contributed by atoms with van der Waals surface area (Å²) in [6, 6.07) is 0.483. The van der Waals surface area contributed by atoms with E-state index in [0.29, 0.717) is 17.9 Å². The topological polar surface area (TPSA) is 32.3 Å². The largest absolute Gasteiger partial charge is 0.339 e. The lowest BCUT2D eigenvalue weighted by molar-refractivity contribution is -0.147. The number of amides is 1. The van der Waals surface area contributed by atoms with Gasteiger partial charge in [0.05, 0.1) is 0 Å². The fraction of sp³-hybridized carbons (Fsp3) is 0.938. The van der Waals surface area contributed by atoms with Crippen LogP contribution in [-0.2, 0) is 4.79 Å². The van der Waals surface area contributed by atoms with Crippen molar-refractivity contribution in [1.82, 2.24) is 10.2 Å². The predicted octanol–water partition coefficient (Wildman–Crippen LogP) is 2.80. The maximum atomic E-state index is 13.0. The second-order valence-corrected chi connectivity index (χ2v) is 6.82. The zero-order valence-corrected chi connectivity index (χ0v) is 12.9. The van der Waals surface area contributed by atoms with E-state index in [-0.39, 0.29) is 5.41 Å². The molecule has 2 aliphatic heterocycles. The van der Waals surface area contributed by atoms with E-state index in [4.69, 9.17) is 0 Å². The molecular weight excluding hydrogens is 236 g/mol. The first-order valence-electron chi connectivity index (χ1n) is 8.09. The van der Waals surface area contributed by atoms with E-state index in [0.717, 1.165) is 26.1 Å². The van der Waals surface area contributed by atoms with Gasteiger partial charge < -0.3 is 10.2 Å². The molecule has 0 spiro atoms. The monoisotopic (exact) mass is 266 g/mol. The maximum Gasteiger partial charge on any atom is 0.228 e. The summed E-state index contributed by atoms with van der Waals surface area (Å²) in [5.41, 5.74) is -0.210. The summed E-state index contributed by atoms with van der Waals surface area (Å²) >= 11 is 0. The van der Waals surface area contributed by atoms with Crippen LogP contribution in [0.3, 0.4) is 0 Å². The van der Waals surface area contributed by atoms with E-state index in [1.807, 2.05) is 0 Å². The summed E-state index contributed by atoms with van der Waals surface area (Å²) in [7, 11) is 0.